The number of thioether (sulfide) groups is 1. The fraction of sp³-hybridized carbons (Fsp3) is 0.581. The maximum atomic E-state index is 14.6. The maximum absolute atomic E-state index is 14.6. The van der Waals surface area contributed by atoms with Crippen LogP contribution in [-0.2, 0) is 19.1 Å². The fourth-order valence-electron chi connectivity index (χ4n) is 6.58. The number of allylic oxidation sites excluding steroid dienone is 1. The van der Waals surface area contributed by atoms with Crippen LogP contribution in [0.25, 0.3) is 0 Å². The van der Waals surface area contributed by atoms with E-state index in [2.05, 4.69) is 29.1 Å². The summed E-state index contributed by atoms with van der Waals surface area (Å²) in [5, 5.41) is 9.46. The predicted molar refractivity (Wildman–Crippen MR) is 168 cm³/mol. The molecule has 6 atom stereocenters. The summed E-state index contributed by atoms with van der Waals surface area (Å²) in [6.45, 7) is 8.68. The van der Waals surface area contributed by atoms with Crippen LogP contribution < -0.4 is 4.90 Å². The molecule has 1 aromatic carbocycles. The number of unbranched alkanes of at least 4 members (excludes halogenated alkanes) is 5. The van der Waals surface area contributed by atoms with Crippen LogP contribution in [0.4, 0.5) is 5.69 Å². The summed E-state index contributed by atoms with van der Waals surface area (Å²) in [4.78, 5) is 45.7. The highest BCUT2D eigenvalue weighted by atomic mass is 79.9. The molecule has 3 heterocycles. The van der Waals surface area contributed by atoms with E-state index in [4.69, 9.17) is 16.3 Å². The van der Waals surface area contributed by atoms with Crippen molar-refractivity contribution in [3.63, 3.8) is 0 Å². The molecule has 0 radical (unpaired) electrons. The summed E-state index contributed by atoms with van der Waals surface area (Å²) in [5.41, 5.74) is 0.567. The largest absolute Gasteiger partial charge is 0.465 e. The topological polar surface area (TPSA) is 87.1 Å². The van der Waals surface area contributed by atoms with Crippen LogP contribution in [0.1, 0.15) is 51.4 Å². The highest BCUT2D eigenvalue weighted by Gasteiger charge is 2.76. The number of amides is 2. The van der Waals surface area contributed by atoms with Gasteiger partial charge in [0.25, 0.3) is 5.91 Å². The lowest BCUT2D eigenvalue weighted by Crippen LogP contribution is -2.55. The second kappa shape index (κ2) is 14.6. The van der Waals surface area contributed by atoms with Gasteiger partial charge in [-0.3, -0.25) is 14.4 Å². The number of esters is 1. The smallest absolute Gasteiger partial charge is 0.310 e. The highest BCUT2D eigenvalue weighted by molar-refractivity contribution is 9.09. The monoisotopic (exact) mass is 666 g/mol. The number of hydrogen-bond acceptors (Lipinski definition) is 6. The Balaban J connectivity index is 1.67. The second-order valence-corrected chi connectivity index (χ2v) is 14.1. The average molecular weight is 668 g/mol. The number of rotatable bonds is 16. The number of ether oxygens (including phenoxy) is 1. The van der Waals surface area contributed by atoms with Crippen molar-refractivity contribution in [2.75, 3.05) is 31.2 Å². The van der Waals surface area contributed by atoms with Crippen molar-refractivity contribution in [1.29, 1.82) is 0 Å². The molecule has 7 nitrogen and oxygen atoms in total. The number of anilines is 1. The maximum Gasteiger partial charge on any atom is 0.310 e. The van der Waals surface area contributed by atoms with E-state index in [1.165, 1.54) is 0 Å². The van der Waals surface area contributed by atoms with Gasteiger partial charge < -0.3 is 19.6 Å². The third-order valence-electron chi connectivity index (χ3n) is 8.37. The minimum atomic E-state index is -0.759. The summed E-state index contributed by atoms with van der Waals surface area (Å²) in [5.74, 6) is -1.96. The molecule has 10 heteroatoms. The van der Waals surface area contributed by atoms with Gasteiger partial charge >= 0.3 is 5.97 Å². The average Bonchev–Trinajstić information content (AvgIpc) is 3.55. The first-order valence-electron chi connectivity index (χ1n) is 14.5. The van der Waals surface area contributed by atoms with E-state index < -0.39 is 22.6 Å². The summed E-state index contributed by atoms with van der Waals surface area (Å²) in [6.07, 6.45) is 9.66. The van der Waals surface area contributed by atoms with E-state index in [0.29, 0.717) is 43.1 Å². The Bertz CT molecular complexity index is 1140. The van der Waals surface area contributed by atoms with Crippen molar-refractivity contribution in [2.24, 2.45) is 11.8 Å². The predicted octanol–water partition coefficient (Wildman–Crippen LogP) is 5.78. The molecule has 224 valence electrons. The first-order chi connectivity index (χ1) is 19.8. The number of carbonyl (C=O) groups excluding carboxylic acids is 3. The van der Waals surface area contributed by atoms with Gasteiger partial charge in [-0.1, -0.05) is 64.7 Å². The zero-order valence-electron chi connectivity index (χ0n) is 23.4. The van der Waals surface area contributed by atoms with E-state index in [9.17, 15) is 19.5 Å². The quantitative estimate of drug-likeness (QED) is 0.104. The Labute approximate surface area is 260 Å². The van der Waals surface area contributed by atoms with Crippen LogP contribution in [0.2, 0.25) is 5.02 Å². The van der Waals surface area contributed by atoms with E-state index in [-0.39, 0.29) is 41.0 Å². The molecule has 3 aliphatic heterocycles. The molecule has 3 fully saturated rings. The lowest BCUT2D eigenvalue weighted by Gasteiger charge is -2.38. The number of carbonyl (C=O) groups is 3. The molecule has 1 aromatic rings. The molecule has 0 aliphatic carbocycles. The number of fused-ring (bicyclic) bond motifs is 1. The van der Waals surface area contributed by atoms with Crippen LogP contribution in [0.3, 0.4) is 0 Å². The number of hydrogen-bond donors (Lipinski definition) is 1. The van der Waals surface area contributed by atoms with Gasteiger partial charge in [0.15, 0.2) is 0 Å². The molecular formula is C31H40BrClN2O5S. The van der Waals surface area contributed by atoms with Crippen molar-refractivity contribution in [2.45, 2.75) is 72.2 Å². The lowest BCUT2D eigenvalue weighted by atomic mass is 9.71. The SMILES string of the molecule is C=CCCCCOC(=O)[C@H]1[C@H]2C(=O)N(CCCCCCO)C(C(=O)N(CC=C)c3ccccc3Cl)C23CC(Br)[C@@H]1S3. The molecule has 3 unspecified atom stereocenters. The Morgan fingerprint density at radius 1 is 1.17 bits per heavy atom. The zero-order valence-corrected chi connectivity index (χ0v) is 26.5. The molecule has 0 aromatic heterocycles. The number of aliphatic hydroxyl groups is 1. The summed E-state index contributed by atoms with van der Waals surface area (Å²) in [7, 11) is 0. The van der Waals surface area contributed by atoms with Crippen molar-refractivity contribution < 1.29 is 24.2 Å². The van der Waals surface area contributed by atoms with E-state index in [1.807, 2.05) is 18.2 Å². The van der Waals surface area contributed by atoms with Crippen molar-refractivity contribution in [3.05, 3.63) is 54.6 Å². The van der Waals surface area contributed by atoms with Crippen LogP contribution in [0, 0.1) is 11.8 Å². The van der Waals surface area contributed by atoms with E-state index in [1.54, 1.807) is 39.8 Å². The Kier molecular flexibility index (Phi) is 11.4. The van der Waals surface area contributed by atoms with Crippen LogP contribution >= 0.6 is 39.3 Å². The van der Waals surface area contributed by atoms with Gasteiger partial charge in [-0.05, 0) is 50.7 Å². The summed E-state index contributed by atoms with van der Waals surface area (Å²) >= 11 is 12.0. The molecule has 1 N–H and O–H groups in total. The molecule has 1 spiro atoms. The Morgan fingerprint density at radius 2 is 1.93 bits per heavy atom. The van der Waals surface area contributed by atoms with Gasteiger partial charge in [-0.25, -0.2) is 0 Å². The summed E-state index contributed by atoms with van der Waals surface area (Å²) in [6, 6.07) is 6.43. The molecule has 3 saturated heterocycles. The van der Waals surface area contributed by atoms with Crippen molar-refractivity contribution in [3.8, 4) is 0 Å². The highest BCUT2D eigenvalue weighted by Crippen LogP contribution is 2.68. The third-order valence-corrected chi connectivity index (χ3v) is 11.9. The van der Waals surface area contributed by atoms with Gasteiger partial charge in [0.2, 0.25) is 5.91 Å². The first-order valence-corrected chi connectivity index (χ1v) is 16.7. The Hall–Kier alpha value is -1.81. The number of alkyl halides is 1. The third kappa shape index (κ3) is 6.43. The number of benzene rings is 1. The Morgan fingerprint density at radius 3 is 2.63 bits per heavy atom. The molecular weight excluding hydrogens is 628 g/mol. The second-order valence-electron chi connectivity index (χ2n) is 11.0. The number of aliphatic hydroxyl groups excluding tert-OH is 1. The minimum absolute atomic E-state index is 0.0252. The van der Waals surface area contributed by atoms with Gasteiger partial charge in [-0.2, -0.15) is 0 Å². The lowest BCUT2D eigenvalue weighted by molar-refractivity contribution is -0.154. The number of halogens is 2. The van der Waals surface area contributed by atoms with Crippen molar-refractivity contribution >= 4 is 62.8 Å². The molecule has 2 amide bonds. The summed E-state index contributed by atoms with van der Waals surface area (Å²) < 4.78 is 4.97. The van der Waals surface area contributed by atoms with E-state index >= 15 is 0 Å². The number of nitrogens with zero attached hydrogens (tertiary/aromatic N) is 2. The standard InChI is InChI=1S/C31H40BrClN2O5S/c1-3-5-6-13-19-40-30(39)24-25-28(37)35(17-11-7-8-12-18-36)27(31(25)20-21(32)26(24)41-31)29(38)34(16-4-2)23-15-10-9-14-22(23)33/h3-4,9-10,14-15,21,24-27,36H,1-2,5-8,11-13,16-20H2/t21?,24-,25-,26-,27?,31?/m0/s1. The number of likely N-dealkylation sites (tertiary alicyclic amines) is 1. The van der Waals surface area contributed by atoms with Gasteiger partial charge in [0, 0.05) is 29.8 Å². The van der Waals surface area contributed by atoms with Gasteiger partial charge in [0.1, 0.15) is 6.04 Å². The van der Waals surface area contributed by atoms with Crippen LogP contribution in [-0.4, -0.2) is 75.0 Å². The molecule has 4 rings (SSSR count). The van der Waals surface area contributed by atoms with Crippen LogP contribution in [0.15, 0.2) is 49.6 Å². The van der Waals surface area contributed by atoms with Gasteiger partial charge in [-0.15, -0.1) is 24.9 Å². The zero-order chi connectivity index (χ0) is 29.6. The fourth-order valence-corrected chi connectivity index (χ4v) is 10.4. The minimum Gasteiger partial charge on any atom is -0.465 e. The molecule has 2 bridgehead atoms. The molecule has 41 heavy (non-hydrogen) atoms. The number of para-hydroxylation sites is 1. The van der Waals surface area contributed by atoms with Crippen LogP contribution in [0.5, 0.6) is 0 Å². The van der Waals surface area contributed by atoms with Gasteiger partial charge in [0.05, 0.1) is 33.9 Å². The van der Waals surface area contributed by atoms with Crippen molar-refractivity contribution in [1.82, 2.24) is 4.90 Å². The van der Waals surface area contributed by atoms with E-state index in [0.717, 1.165) is 32.1 Å². The normalized spacial score (nSPS) is 28.0. The molecule has 0 saturated carbocycles. The molecule has 3 aliphatic rings. The first kappa shape index (κ1) is 32.1.